The first-order valence-electron chi connectivity index (χ1n) is 6.49. The molecule has 3 N–H and O–H groups in total. The maximum Gasteiger partial charge on any atom is 0.140 e. The van der Waals surface area contributed by atoms with Crippen LogP contribution >= 0.6 is 15.9 Å². The lowest BCUT2D eigenvalue weighted by Gasteiger charge is -2.27. The van der Waals surface area contributed by atoms with Gasteiger partial charge in [-0.1, -0.05) is 24.3 Å². The van der Waals surface area contributed by atoms with E-state index in [1.54, 1.807) is 6.20 Å². The summed E-state index contributed by atoms with van der Waals surface area (Å²) in [6.45, 7) is 0. The van der Waals surface area contributed by atoms with Crippen LogP contribution in [0.1, 0.15) is 30.0 Å². The number of aromatic nitrogens is 1. The smallest absolute Gasteiger partial charge is 0.140 e. The zero-order valence-corrected chi connectivity index (χ0v) is 12.2. The normalized spacial score (nSPS) is 17.8. The monoisotopic (exact) mass is 317 g/mol. The largest absolute Gasteiger partial charge is 0.397 e. The summed E-state index contributed by atoms with van der Waals surface area (Å²) < 4.78 is 0.913. The van der Waals surface area contributed by atoms with Crippen LogP contribution in [-0.2, 0) is 6.42 Å². The minimum Gasteiger partial charge on any atom is -0.397 e. The average Bonchev–Trinajstić information content (AvgIpc) is 2.42. The van der Waals surface area contributed by atoms with E-state index in [0.717, 1.165) is 16.7 Å². The van der Waals surface area contributed by atoms with Crippen molar-refractivity contribution >= 4 is 27.4 Å². The lowest BCUT2D eigenvalue weighted by molar-refractivity contribution is 0.598. The number of nitrogens with two attached hydrogens (primary N) is 1. The van der Waals surface area contributed by atoms with Crippen molar-refractivity contribution < 1.29 is 0 Å². The minimum absolute atomic E-state index is 0.331. The second-order valence-electron chi connectivity index (χ2n) is 4.89. The van der Waals surface area contributed by atoms with E-state index >= 15 is 0 Å². The fraction of sp³-hybridized carbons (Fsp3) is 0.267. The van der Waals surface area contributed by atoms with E-state index in [4.69, 9.17) is 5.73 Å². The summed E-state index contributed by atoms with van der Waals surface area (Å²) in [5, 5.41) is 3.52. The van der Waals surface area contributed by atoms with Crippen molar-refractivity contribution in [3.8, 4) is 0 Å². The molecule has 0 bridgehead atoms. The molecule has 1 unspecified atom stereocenters. The summed E-state index contributed by atoms with van der Waals surface area (Å²) in [6, 6.07) is 10.8. The molecule has 1 aliphatic carbocycles. The zero-order chi connectivity index (χ0) is 13.2. The first kappa shape index (κ1) is 12.5. The summed E-state index contributed by atoms with van der Waals surface area (Å²) in [4.78, 5) is 4.36. The maximum atomic E-state index is 5.72. The van der Waals surface area contributed by atoms with Gasteiger partial charge in [-0.15, -0.1) is 0 Å². The van der Waals surface area contributed by atoms with Gasteiger partial charge in [0.15, 0.2) is 0 Å². The zero-order valence-electron chi connectivity index (χ0n) is 10.6. The number of anilines is 2. The highest BCUT2D eigenvalue weighted by Gasteiger charge is 2.20. The van der Waals surface area contributed by atoms with Crippen molar-refractivity contribution in [2.45, 2.75) is 25.3 Å². The molecule has 0 aliphatic heterocycles. The predicted octanol–water partition coefficient (Wildman–Crippen LogP) is 3.92. The molecule has 0 saturated heterocycles. The molecular weight excluding hydrogens is 302 g/mol. The lowest BCUT2D eigenvalue weighted by atomic mass is 9.88. The van der Waals surface area contributed by atoms with E-state index in [1.807, 2.05) is 6.07 Å². The Labute approximate surface area is 121 Å². The first-order valence-corrected chi connectivity index (χ1v) is 7.28. The highest BCUT2D eigenvalue weighted by Crippen LogP contribution is 2.33. The van der Waals surface area contributed by atoms with Crippen LogP contribution < -0.4 is 11.1 Å². The molecule has 0 amide bonds. The van der Waals surface area contributed by atoms with Crippen molar-refractivity contribution in [3.63, 3.8) is 0 Å². The van der Waals surface area contributed by atoms with E-state index in [9.17, 15) is 0 Å². The maximum absolute atomic E-state index is 5.72. The highest BCUT2D eigenvalue weighted by atomic mass is 79.9. The number of nitrogen functional groups attached to an aromatic ring is 1. The molecule has 4 heteroatoms. The molecule has 1 atom stereocenters. The quantitative estimate of drug-likeness (QED) is 0.882. The van der Waals surface area contributed by atoms with Crippen LogP contribution in [-0.4, -0.2) is 4.98 Å². The van der Waals surface area contributed by atoms with Crippen LogP contribution in [0.3, 0.4) is 0 Å². The molecule has 3 rings (SSSR count). The molecular formula is C15H16BrN3. The van der Waals surface area contributed by atoms with Crippen molar-refractivity contribution in [1.82, 2.24) is 4.98 Å². The fourth-order valence-electron chi connectivity index (χ4n) is 2.63. The summed E-state index contributed by atoms with van der Waals surface area (Å²) in [7, 11) is 0. The molecule has 1 aromatic heterocycles. The predicted molar refractivity (Wildman–Crippen MR) is 82.1 cm³/mol. The molecule has 0 fully saturated rings. The van der Waals surface area contributed by atoms with E-state index in [1.165, 1.54) is 24.0 Å². The van der Waals surface area contributed by atoms with Gasteiger partial charge in [0.1, 0.15) is 5.82 Å². The van der Waals surface area contributed by atoms with Gasteiger partial charge in [-0.3, -0.25) is 0 Å². The fourth-order valence-corrected chi connectivity index (χ4v) is 3.11. The van der Waals surface area contributed by atoms with Crippen molar-refractivity contribution in [2.24, 2.45) is 0 Å². The second kappa shape index (κ2) is 5.21. The van der Waals surface area contributed by atoms with Gasteiger partial charge in [0.2, 0.25) is 0 Å². The standard InChI is InChI=1S/C15H16BrN3/c16-13-8-11(17)9-18-15(13)19-14-7-3-5-10-4-1-2-6-12(10)14/h1-2,4,6,8-9,14H,3,5,7,17H2,(H,18,19). The number of hydrogen-bond acceptors (Lipinski definition) is 3. The van der Waals surface area contributed by atoms with Crippen LogP contribution in [0.5, 0.6) is 0 Å². The van der Waals surface area contributed by atoms with Gasteiger partial charge in [-0.05, 0) is 52.4 Å². The van der Waals surface area contributed by atoms with Crippen LogP contribution in [0.4, 0.5) is 11.5 Å². The van der Waals surface area contributed by atoms with Gasteiger partial charge < -0.3 is 11.1 Å². The van der Waals surface area contributed by atoms with Crippen LogP contribution in [0.15, 0.2) is 41.0 Å². The molecule has 1 aromatic carbocycles. The number of hydrogen-bond donors (Lipinski definition) is 2. The van der Waals surface area contributed by atoms with Gasteiger partial charge in [0, 0.05) is 0 Å². The number of benzene rings is 1. The number of pyridine rings is 1. The van der Waals surface area contributed by atoms with Crippen LogP contribution in [0, 0.1) is 0 Å². The molecule has 0 saturated carbocycles. The molecule has 0 radical (unpaired) electrons. The Morgan fingerprint density at radius 3 is 3.00 bits per heavy atom. The molecule has 1 heterocycles. The SMILES string of the molecule is Nc1cnc(NC2CCCc3ccccc32)c(Br)c1. The summed E-state index contributed by atoms with van der Waals surface area (Å²) in [5.74, 6) is 0.857. The number of nitrogens with zero attached hydrogens (tertiary/aromatic N) is 1. The van der Waals surface area contributed by atoms with Gasteiger partial charge in [-0.25, -0.2) is 4.98 Å². The first-order chi connectivity index (χ1) is 9.24. The highest BCUT2D eigenvalue weighted by molar-refractivity contribution is 9.10. The minimum atomic E-state index is 0.331. The number of rotatable bonds is 2. The molecule has 19 heavy (non-hydrogen) atoms. The van der Waals surface area contributed by atoms with Crippen LogP contribution in [0.2, 0.25) is 0 Å². The Morgan fingerprint density at radius 1 is 1.32 bits per heavy atom. The number of nitrogens with one attached hydrogen (secondary N) is 1. The van der Waals surface area contributed by atoms with Crippen LogP contribution in [0.25, 0.3) is 0 Å². The molecule has 98 valence electrons. The van der Waals surface area contributed by atoms with Crippen molar-refractivity contribution in [1.29, 1.82) is 0 Å². The van der Waals surface area contributed by atoms with Gasteiger partial charge >= 0.3 is 0 Å². The average molecular weight is 318 g/mol. The van der Waals surface area contributed by atoms with Crippen molar-refractivity contribution in [3.05, 3.63) is 52.1 Å². The summed E-state index contributed by atoms with van der Waals surface area (Å²) in [6.07, 6.45) is 5.20. The summed E-state index contributed by atoms with van der Waals surface area (Å²) >= 11 is 3.51. The van der Waals surface area contributed by atoms with Crippen molar-refractivity contribution in [2.75, 3.05) is 11.1 Å². The van der Waals surface area contributed by atoms with E-state index < -0.39 is 0 Å². The molecule has 3 nitrogen and oxygen atoms in total. The Morgan fingerprint density at radius 2 is 2.16 bits per heavy atom. The molecule has 0 spiro atoms. The Hall–Kier alpha value is -1.55. The number of aryl methyl sites for hydroxylation is 1. The topological polar surface area (TPSA) is 50.9 Å². The third-order valence-electron chi connectivity index (χ3n) is 3.54. The molecule has 1 aliphatic rings. The van der Waals surface area contributed by atoms with Gasteiger partial charge in [-0.2, -0.15) is 0 Å². The number of halogens is 1. The molecule has 2 aromatic rings. The number of fused-ring (bicyclic) bond motifs is 1. The Balaban J connectivity index is 1.88. The van der Waals surface area contributed by atoms with E-state index in [-0.39, 0.29) is 0 Å². The Bertz CT molecular complexity index is 598. The second-order valence-corrected chi connectivity index (χ2v) is 5.74. The third-order valence-corrected chi connectivity index (χ3v) is 4.15. The lowest BCUT2D eigenvalue weighted by Crippen LogP contribution is -2.18. The Kier molecular flexibility index (Phi) is 3.42. The summed E-state index contributed by atoms with van der Waals surface area (Å²) in [5.41, 5.74) is 9.22. The van der Waals surface area contributed by atoms with Gasteiger partial charge in [0.05, 0.1) is 22.4 Å². The van der Waals surface area contributed by atoms with E-state index in [2.05, 4.69) is 50.5 Å². The third kappa shape index (κ3) is 2.59. The van der Waals surface area contributed by atoms with Gasteiger partial charge in [0.25, 0.3) is 0 Å². The van der Waals surface area contributed by atoms with E-state index in [0.29, 0.717) is 11.7 Å².